The van der Waals surface area contributed by atoms with E-state index in [1.165, 1.54) is 16.8 Å². The lowest BCUT2D eigenvalue weighted by Crippen LogP contribution is -2.07. The average Bonchev–Trinajstić information content (AvgIpc) is 2.81. The number of aromatic nitrogens is 3. The molecule has 20 heavy (non-hydrogen) atoms. The molecule has 0 spiro atoms. The minimum absolute atomic E-state index is 0.0213. The van der Waals surface area contributed by atoms with Crippen LogP contribution in [-0.4, -0.2) is 19.9 Å². The molecule has 1 aromatic heterocycles. The van der Waals surface area contributed by atoms with Gasteiger partial charge < -0.3 is 0 Å². The SMILES string of the molecule is CC(C)Cc1c(C#N)nnn1-c1cccc([N+](=O)[O-])c1. The van der Waals surface area contributed by atoms with Crippen LogP contribution < -0.4 is 0 Å². The summed E-state index contributed by atoms with van der Waals surface area (Å²) in [6, 6.07) is 8.11. The fraction of sp³-hybridized carbons (Fsp3) is 0.308. The van der Waals surface area contributed by atoms with E-state index in [0.29, 0.717) is 23.7 Å². The summed E-state index contributed by atoms with van der Waals surface area (Å²) in [6.45, 7) is 4.04. The molecular weight excluding hydrogens is 258 g/mol. The van der Waals surface area contributed by atoms with E-state index >= 15 is 0 Å². The lowest BCUT2D eigenvalue weighted by atomic mass is 10.1. The lowest BCUT2D eigenvalue weighted by molar-refractivity contribution is -0.384. The minimum Gasteiger partial charge on any atom is -0.258 e. The highest BCUT2D eigenvalue weighted by Gasteiger charge is 2.16. The van der Waals surface area contributed by atoms with E-state index in [2.05, 4.69) is 10.3 Å². The van der Waals surface area contributed by atoms with E-state index in [4.69, 9.17) is 5.26 Å². The van der Waals surface area contributed by atoms with Crippen LogP contribution in [0.2, 0.25) is 0 Å². The van der Waals surface area contributed by atoms with E-state index < -0.39 is 4.92 Å². The van der Waals surface area contributed by atoms with Crippen LogP contribution >= 0.6 is 0 Å². The molecule has 2 aromatic rings. The number of benzene rings is 1. The summed E-state index contributed by atoms with van der Waals surface area (Å²) in [7, 11) is 0. The second-order valence-electron chi connectivity index (χ2n) is 4.78. The fourth-order valence-electron chi connectivity index (χ4n) is 1.90. The second kappa shape index (κ2) is 5.48. The summed E-state index contributed by atoms with van der Waals surface area (Å²) in [5, 5.41) is 27.6. The molecule has 0 unspecified atom stereocenters. The van der Waals surface area contributed by atoms with Gasteiger partial charge in [0.1, 0.15) is 6.07 Å². The topological polar surface area (TPSA) is 97.6 Å². The average molecular weight is 271 g/mol. The first kappa shape index (κ1) is 13.7. The third-order valence-corrected chi connectivity index (χ3v) is 2.76. The molecular formula is C13H13N5O2. The first-order valence-corrected chi connectivity index (χ1v) is 6.12. The Labute approximate surface area is 115 Å². The second-order valence-corrected chi connectivity index (χ2v) is 4.78. The molecule has 0 aliphatic carbocycles. The Balaban J connectivity index is 2.52. The van der Waals surface area contributed by atoms with Gasteiger partial charge in [0, 0.05) is 12.1 Å². The number of nitro benzene ring substituents is 1. The third kappa shape index (κ3) is 2.64. The molecule has 0 fully saturated rings. The molecule has 1 heterocycles. The van der Waals surface area contributed by atoms with Crippen molar-refractivity contribution in [1.29, 1.82) is 5.26 Å². The summed E-state index contributed by atoms with van der Waals surface area (Å²) in [5.74, 6) is 0.318. The van der Waals surface area contributed by atoms with Gasteiger partial charge in [-0.15, -0.1) is 5.10 Å². The van der Waals surface area contributed by atoms with Crippen LogP contribution in [0.4, 0.5) is 5.69 Å². The quantitative estimate of drug-likeness (QED) is 0.627. The number of nitriles is 1. The van der Waals surface area contributed by atoms with Crippen molar-refractivity contribution < 1.29 is 4.92 Å². The molecule has 0 saturated heterocycles. The molecule has 0 saturated carbocycles. The zero-order valence-electron chi connectivity index (χ0n) is 11.1. The van der Waals surface area contributed by atoms with Crippen LogP contribution in [0.3, 0.4) is 0 Å². The van der Waals surface area contributed by atoms with Crippen LogP contribution in [0, 0.1) is 27.4 Å². The summed E-state index contributed by atoms with van der Waals surface area (Å²) in [6.07, 6.45) is 0.624. The van der Waals surface area contributed by atoms with E-state index in [0.717, 1.165) is 0 Å². The molecule has 7 heteroatoms. The van der Waals surface area contributed by atoms with E-state index in [1.807, 2.05) is 19.9 Å². The minimum atomic E-state index is -0.465. The monoisotopic (exact) mass is 271 g/mol. The normalized spacial score (nSPS) is 10.5. The Bertz CT molecular complexity index is 684. The molecule has 2 rings (SSSR count). The van der Waals surface area contributed by atoms with E-state index in [1.54, 1.807) is 12.1 Å². The van der Waals surface area contributed by atoms with Crippen LogP contribution in [0.25, 0.3) is 5.69 Å². The molecule has 0 radical (unpaired) electrons. The fourth-order valence-corrected chi connectivity index (χ4v) is 1.90. The highest BCUT2D eigenvalue weighted by atomic mass is 16.6. The first-order chi connectivity index (χ1) is 9.52. The summed E-state index contributed by atoms with van der Waals surface area (Å²) in [4.78, 5) is 10.4. The van der Waals surface area contributed by atoms with Crippen LogP contribution in [0.1, 0.15) is 25.2 Å². The summed E-state index contributed by atoms with van der Waals surface area (Å²) < 4.78 is 1.49. The van der Waals surface area contributed by atoms with Crippen molar-refractivity contribution in [2.24, 2.45) is 5.92 Å². The number of hydrogen-bond acceptors (Lipinski definition) is 5. The Hall–Kier alpha value is -2.75. The van der Waals surface area contributed by atoms with Crippen molar-refractivity contribution in [3.8, 4) is 11.8 Å². The molecule has 0 aliphatic heterocycles. The predicted molar refractivity (Wildman–Crippen MR) is 71.3 cm³/mol. The zero-order chi connectivity index (χ0) is 14.7. The van der Waals surface area contributed by atoms with Gasteiger partial charge in [0.25, 0.3) is 5.69 Å². The van der Waals surface area contributed by atoms with Gasteiger partial charge in [-0.25, -0.2) is 4.68 Å². The Morgan fingerprint density at radius 3 is 2.85 bits per heavy atom. The Morgan fingerprint density at radius 1 is 1.50 bits per heavy atom. The maximum atomic E-state index is 10.8. The van der Waals surface area contributed by atoms with Crippen molar-refractivity contribution in [3.05, 3.63) is 45.8 Å². The van der Waals surface area contributed by atoms with Gasteiger partial charge in [-0.1, -0.05) is 25.1 Å². The van der Waals surface area contributed by atoms with Gasteiger partial charge in [-0.2, -0.15) is 5.26 Å². The highest BCUT2D eigenvalue weighted by Crippen LogP contribution is 2.20. The lowest BCUT2D eigenvalue weighted by Gasteiger charge is -2.08. The summed E-state index contributed by atoms with van der Waals surface area (Å²) >= 11 is 0. The molecule has 102 valence electrons. The van der Waals surface area contributed by atoms with Gasteiger partial charge in [-0.3, -0.25) is 10.1 Å². The number of nitro groups is 1. The molecule has 0 atom stereocenters. The van der Waals surface area contributed by atoms with Crippen LogP contribution in [0.5, 0.6) is 0 Å². The van der Waals surface area contributed by atoms with Crippen LogP contribution in [0.15, 0.2) is 24.3 Å². The maximum Gasteiger partial charge on any atom is 0.271 e. The zero-order valence-corrected chi connectivity index (χ0v) is 11.1. The molecule has 1 aromatic carbocycles. The van der Waals surface area contributed by atoms with E-state index in [-0.39, 0.29) is 11.4 Å². The first-order valence-electron chi connectivity index (χ1n) is 6.12. The van der Waals surface area contributed by atoms with Crippen molar-refractivity contribution in [2.45, 2.75) is 20.3 Å². The molecule has 0 aliphatic rings. The Kier molecular flexibility index (Phi) is 3.75. The summed E-state index contributed by atoms with van der Waals surface area (Å²) in [5.41, 5.74) is 1.43. The van der Waals surface area contributed by atoms with Gasteiger partial charge in [-0.05, 0) is 18.4 Å². The maximum absolute atomic E-state index is 10.8. The number of hydrogen-bond donors (Lipinski definition) is 0. The number of non-ortho nitro benzene ring substituents is 1. The smallest absolute Gasteiger partial charge is 0.258 e. The van der Waals surface area contributed by atoms with Gasteiger partial charge in [0.05, 0.1) is 16.3 Å². The van der Waals surface area contributed by atoms with Gasteiger partial charge in [0.2, 0.25) is 0 Å². The standard InChI is InChI=1S/C13H13N5O2/c1-9(2)6-13-12(8-14)15-16-17(13)10-4-3-5-11(7-10)18(19)20/h3-5,7,9H,6H2,1-2H3. The van der Waals surface area contributed by atoms with Crippen molar-refractivity contribution in [2.75, 3.05) is 0 Å². The van der Waals surface area contributed by atoms with E-state index in [9.17, 15) is 10.1 Å². The molecule has 0 amide bonds. The molecule has 0 bridgehead atoms. The predicted octanol–water partition coefficient (Wildman–Crippen LogP) is 2.25. The third-order valence-electron chi connectivity index (χ3n) is 2.76. The Morgan fingerprint density at radius 2 is 2.25 bits per heavy atom. The molecule has 0 N–H and O–H groups in total. The number of nitrogens with zero attached hydrogens (tertiary/aromatic N) is 5. The van der Waals surface area contributed by atoms with Crippen molar-refractivity contribution in [3.63, 3.8) is 0 Å². The van der Waals surface area contributed by atoms with Gasteiger partial charge >= 0.3 is 0 Å². The van der Waals surface area contributed by atoms with Crippen molar-refractivity contribution in [1.82, 2.24) is 15.0 Å². The molecule has 7 nitrogen and oxygen atoms in total. The number of rotatable bonds is 4. The van der Waals surface area contributed by atoms with Crippen LogP contribution in [-0.2, 0) is 6.42 Å². The van der Waals surface area contributed by atoms with Gasteiger partial charge in [0.15, 0.2) is 5.69 Å². The largest absolute Gasteiger partial charge is 0.271 e. The highest BCUT2D eigenvalue weighted by molar-refractivity contribution is 5.44. The van der Waals surface area contributed by atoms with Crippen molar-refractivity contribution >= 4 is 5.69 Å².